The lowest BCUT2D eigenvalue weighted by Crippen LogP contribution is -2.22. The molecule has 2 aromatic rings. The van der Waals surface area contributed by atoms with E-state index in [2.05, 4.69) is 23.7 Å². The monoisotopic (exact) mass is 519 g/mol. The Hall–Kier alpha value is -3.74. The van der Waals surface area contributed by atoms with Gasteiger partial charge >= 0.3 is 12.1 Å². The van der Waals surface area contributed by atoms with Crippen LogP contribution in [0.25, 0.3) is 6.08 Å². The van der Waals surface area contributed by atoms with E-state index in [-0.39, 0.29) is 23.6 Å². The third kappa shape index (κ3) is 8.41. The van der Waals surface area contributed by atoms with Crippen molar-refractivity contribution in [3.05, 3.63) is 52.4 Å². The third-order valence-electron chi connectivity index (χ3n) is 5.56. The second-order valence-electron chi connectivity index (χ2n) is 9.01. The summed E-state index contributed by atoms with van der Waals surface area (Å²) in [6.07, 6.45) is -1.64. The van der Waals surface area contributed by atoms with Gasteiger partial charge in [0.05, 0.1) is 17.9 Å². The molecular weight excluding hydrogens is 487 g/mol. The number of benzene rings is 1. The number of alkyl halides is 3. The number of nitrogens with zero attached hydrogens (tertiary/aromatic N) is 2. The topological polar surface area (TPSA) is 93.3 Å². The zero-order valence-electron chi connectivity index (χ0n) is 21.7. The fourth-order valence-electron chi connectivity index (χ4n) is 3.53. The van der Waals surface area contributed by atoms with Gasteiger partial charge in [-0.05, 0) is 68.5 Å². The molecule has 1 heterocycles. The van der Waals surface area contributed by atoms with Crippen LogP contribution in [-0.2, 0) is 27.0 Å². The molecule has 0 atom stereocenters. The summed E-state index contributed by atoms with van der Waals surface area (Å²) in [5.74, 6) is -1.32. The molecule has 200 valence electrons. The molecular formula is C27H32F3N3O4. The highest BCUT2D eigenvalue weighted by atomic mass is 19.4. The largest absolute Gasteiger partial charge is 0.491 e. The van der Waals surface area contributed by atoms with Gasteiger partial charge in [-0.25, -0.2) is 4.79 Å². The molecule has 7 nitrogen and oxygen atoms in total. The van der Waals surface area contributed by atoms with E-state index in [0.29, 0.717) is 17.9 Å². The number of anilines is 1. The molecule has 10 heteroatoms. The number of rotatable bonds is 11. The van der Waals surface area contributed by atoms with E-state index in [1.165, 1.54) is 6.08 Å². The van der Waals surface area contributed by atoms with E-state index >= 15 is 0 Å². The summed E-state index contributed by atoms with van der Waals surface area (Å²) in [5, 5.41) is 11.8. The molecule has 0 spiro atoms. The average molecular weight is 520 g/mol. The lowest BCUT2D eigenvalue weighted by Gasteiger charge is -2.15. The van der Waals surface area contributed by atoms with Crippen LogP contribution >= 0.6 is 0 Å². The highest BCUT2D eigenvalue weighted by Gasteiger charge is 2.31. The molecule has 1 aromatic heterocycles. The second-order valence-corrected chi connectivity index (χ2v) is 9.01. The third-order valence-corrected chi connectivity index (χ3v) is 5.56. The smallest absolute Gasteiger partial charge is 0.416 e. The quantitative estimate of drug-likeness (QED) is 0.222. The normalized spacial score (nSPS) is 11.8. The fraction of sp³-hybridized carbons (Fsp3) is 0.444. The van der Waals surface area contributed by atoms with Crippen LogP contribution in [0.15, 0.2) is 29.8 Å². The van der Waals surface area contributed by atoms with Crippen LogP contribution in [0.3, 0.4) is 0 Å². The molecule has 0 fully saturated rings. The zero-order chi connectivity index (χ0) is 27.8. The zero-order valence-corrected chi connectivity index (χ0v) is 21.7. The van der Waals surface area contributed by atoms with Crippen molar-refractivity contribution in [1.29, 1.82) is 5.26 Å². The maximum absolute atomic E-state index is 13.1. The van der Waals surface area contributed by atoms with E-state index in [1.807, 2.05) is 26.8 Å². The summed E-state index contributed by atoms with van der Waals surface area (Å²) >= 11 is 0. The molecule has 0 aliphatic heterocycles. The average Bonchev–Trinajstić information content (AvgIpc) is 3.09. The number of hydrogen-bond acceptors (Lipinski definition) is 5. The van der Waals surface area contributed by atoms with E-state index in [4.69, 9.17) is 9.47 Å². The molecule has 2 rings (SSSR count). The Morgan fingerprint density at radius 3 is 2.51 bits per heavy atom. The van der Waals surface area contributed by atoms with Gasteiger partial charge < -0.3 is 19.4 Å². The summed E-state index contributed by atoms with van der Waals surface area (Å²) < 4.78 is 51.8. The minimum atomic E-state index is -4.62. The van der Waals surface area contributed by atoms with Crippen molar-refractivity contribution >= 4 is 23.6 Å². The molecule has 0 bridgehead atoms. The fourth-order valence-corrected chi connectivity index (χ4v) is 3.53. The van der Waals surface area contributed by atoms with Crippen molar-refractivity contribution in [1.82, 2.24) is 4.57 Å². The lowest BCUT2D eigenvalue weighted by atomic mass is 10.1. The van der Waals surface area contributed by atoms with Gasteiger partial charge in [0, 0.05) is 17.9 Å². The van der Waals surface area contributed by atoms with Gasteiger partial charge in [-0.1, -0.05) is 20.8 Å². The van der Waals surface area contributed by atoms with Crippen LogP contribution in [0.1, 0.15) is 56.1 Å². The number of nitrogens with one attached hydrogen (secondary N) is 1. The van der Waals surface area contributed by atoms with E-state index in [9.17, 15) is 28.0 Å². The minimum Gasteiger partial charge on any atom is -0.491 e. The van der Waals surface area contributed by atoms with Gasteiger partial charge in [0.25, 0.3) is 5.91 Å². The van der Waals surface area contributed by atoms with Crippen LogP contribution in [-0.4, -0.2) is 29.7 Å². The molecule has 1 aromatic carbocycles. The number of halogens is 3. The Bertz CT molecular complexity index is 1190. The summed E-state index contributed by atoms with van der Waals surface area (Å²) in [6, 6.07) is 6.37. The van der Waals surface area contributed by atoms with Crippen LogP contribution in [0, 0.1) is 31.1 Å². The predicted octanol–water partition coefficient (Wildman–Crippen LogP) is 6.05. The number of aromatic nitrogens is 1. The molecule has 0 unspecified atom stereocenters. The van der Waals surface area contributed by atoms with Gasteiger partial charge in [0.1, 0.15) is 17.4 Å². The SMILES string of the molecule is CCCOc1ccc(C(F)(F)F)cc1NC(=O)COC(=O)/C(C#N)=C/c1cc(C)n(CCC(C)C)c1C. The van der Waals surface area contributed by atoms with Crippen molar-refractivity contribution in [2.75, 3.05) is 18.5 Å². The number of esters is 1. The molecule has 0 saturated carbocycles. The molecule has 1 amide bonds. The first kappa shape index (κ1) is 29.5. The Balaban J connectivity index is 2.12. The van der Waals surface area contributed by atoms with Gasteiger partial charge in [-0.3, -0.25) is 4.79 Å². The Morgan fingerprint density at radius 2 is 1.92 bits per heavy atom. The Labute approximate surface area is 214 Å². The van der Waals surface area contributed by atoms with Crippen molar-refractivity contribution < 1.29 is 32.2 Å². The summed E-state index contributed by atoms with van der Waals surface area (Å²) in [7, 11) is 0. The van der Waals surface area contributed by atoms with Gasteiger partial charge in [-0.2, -0.15) is 18.4 Å². The molecule has 0 aliphatic rings. The Morgan fingerprint density at radius 1 is 1.22 bits per heavy atom. The predicted molar refractivity (Wildman–Crippen MR) is 134 cm³/mol. The van der Waals surface area contributed by atoms with E-state index < -0.39 is 30.2 Å². The summed E-state index contributed by atoms with van der Waals surface area (Å²) in [5.41, 5.74) is 1.08. The number of amides is 1. The molecule has 1 N–H and O–H groups in total. The Kier molecular flexibility index (Phi) is 10.4. The van der Waals surface area contributed by atoms with Crippen molar-refractivity contribution in [2.24, 2.45) is 5.92 Å². The highest BCUT2D eigenvalue weighted by molar-refractivity contribution is 6.00. The van der Waals surface area contributed by atoms with Crippen LogP contribution in [0.5, 0.6) is 5.75 Å². The number of ether oxygens (including phenoxy) is 2. The highest BCUT2D eigenvalue weighted by Crippen LogP contribution is 2.35. The number of aryl methyl sites for hydroxylation is 1. The van der Waals surface area contributed by atoms with Gasteiger partial charge in [-0.15, -0.1) is 0 Å². The number of carbonyl (C=O) groups is 2. The minimum absolute atomic E-state index is 0.0555. The summed E-state index contributed by atoms with van der Waals surface area (Å²) in [4.78, 5) is 24.8. The second kappa shape index (κ2) is 13.0. The van der Waals surface area contributed by atoms with Gasteiger partial charge in [0.15, 0.2) is 6.61 Å². The maximum Gasteiger partial charge on any atom is 0.416 e. The molecule has 0 saturated heterocycles. The number of nitriles is 1. The van der Waals surface area contributed by atoms with Crippen LogP contribution in [0.2, 0.25) is 0 Å². The number of hydrogen-bond donors (Lipinski definition) is 1. The molecule has 0 aliphatic carbocycles. The first-order chi connectivity index (χ1) is 17.4. The first-order valence-electron chi connectivity index (χ1n) is 12.0. The molecule has 37 heavy (non-hydrogen) atoms. The molecule has 0 radical (unpaired) electrons. The first-order valence-corrected chi connectivity index (χ1v) is 12.0. The van der Waals surface area contributed by atoms with Crippen LogP contribution in [0.4, 0.5) is 18.9 Å². The van der Waals surface area contributed by atoms with Gasteiger partial charge in [0.2, 0.25) is 0 Å². The summed E-state index contributed by atoms with van der Waals surface area (Å²) in [6.45, 7) is 10.1. The van der Waals surface area contributed by atoms with Crippen LogP contribution < -0.4 is 10.1 Å². The van der Waals surface area contributed by atoms with Crippen molar-refractivity contribution in [3.8, 4) is 11.8 Å². The maximum atomic E-state index is 13.1. The van der Waals surface area contributed by atoms with E-state index in [0.717, 1.165) is 42.6 Å². The standard InChI is InChI=1S/C27H32F3N3O4/c1-6-11-36-24-8-7-22(27(28,29)30)14-23(24)32-25(34)16-37-26(35)21(15-31)13-20-12-18(4)33(19(20)5)10-9-17(2)3/h7-8,12-14,17H,6,9-11,16H2,1-5H3,(H,32,34)/b21-13+. The van der Waals surface area contributed by atoms with E-state index in [1.54, 1.807) is 6.07 Å². The number of carbonyl (C=O) groups excluding carboxylic acids is 2. The lowest BCUT2D eigenvalue weighted by molar-refractivity contribution is -0.142. The van der Waals surface area contributed by atoms with Crippen molar-refractivity contribution in [3.63, 3.8) is 0 Å². The van der Waals surface area contributed by atoms with Crippen molar-refractivity contribution in [2.45, 2.75) is 60.2 Å².